The fourth-order valence-corrected chi connectivity index (χ4v) is 2.10. The lowest BCUT2D eigenvalue weighted by Gasteiger charge is -2.12. The average Bonchev–Trinajstić information content (AvgIpc) is 2.58. The van der Waals surface area contributed by atoms with Gasteiger partial charge < -0.3 is 16.0 Å². The maximum absolute atomic E-state index is 13.5. The molecule has 0 aromatic heterocycles. The first kappa shape index (κ1) is 18.4. The van der Waals surface area contributed by atoms with Crippen molar-refractivity contribution in [1.29, 1.82) is 0 Å². The molecule has 3 amide bonds. The van der Waals surface area contributed by atoms with Gasteiger partial charge in [-0.2, -0.15) is 0 Å². The van der Waals surface area contributed by atoms with Crippen molar-refractivity contribution in [3.63, 3.8) is 0 Å². The van der Waals surface area contributed by atoms with Gasteiger partial charge in [-0.25, -0.2) is 13.6 Å². The van der Waals surface area contributed by atoms with Crippen molar-refractivity contribution in [3.8, 4) is 0 Å². The quantitative estimate of drug-likeness (QED) is 0.767. The first-order chi connectivity index (χ1) is 11.9. The van der Waals surface area contributed by atoms with Gasteiger partial charge in [-0.3, -0.25) is 4.79 Å². The van der Waals surface area contributed by atoms with Crippen LogP contribution in [0.5, 0.6) is 0 Å². The van der Waals surface area contributed by atoms with E-state index in [2.05, 4.69) is 16.0 Å². The third-order valence-corrected chi connectivity index (χ3v) is 3.54. The highest BCUT2D eigenvalue weighted by Crippen LogP contribution is 2.20. The lowest BCUT2D eigenvalue weighted by atomic mass is 10.1. The number of hydrogen-bond donors (Lipinski definition) is 3. The van der Waals surface area contributed by atoms with Gasteiger partial charge in [-0.1, -0.05) is 13.0 Å². The summed E-state index contributed by atoms with van der Waals surface area (Å²) in [6.45, 7) is 3.38. The van der Waals surface area contributed by atoms with Gasteiger partial charge in [0.2, 0.25) is 5.91 Å². The van der Waals surface area contributed by atoms with Gasteiger partial charge in [0.1, 0.15) is 11.6 Å². The molecule has 0 heterocycles. The molecule has 5 nitrogen and oxygen atoms in total. The lowest BCUT2D eigenvalue weighted by molar-refractivity contribution is -0.115. The van der Waals surface area contributed by atoms with Gasteiger partial charge in [-0.15, -0.1) is 0 Å². The van der Waals surface area contributed by atoms with Crippen LogP contribution in [0.2, 0.25) is 0 Å². The van der Waals surface area contributed by atoms with Crippen molar-refractivity contribution in [2.75, 3.05) is 10.6 Å². The van der Waals surface area contributed by atoms with E-state index in [0.717, 1.165) is 23.8 Å². The number of aryl methyl sites for hydroxylation is 1. The Kier molecular flexibility index (Phi) is 6.05. The van der Waals surface area contributed by atoms with Gasteiger partial charge in [0.15, 0.2) is 0 Å². The number of anilines is 2. The molecule has 0 atom stereocenters. The molecule has 2 aromatic carbocycles. The van der Waals surface area contributed by atoms with Crippen LogP contribution in [0.15, 0.2) is 36.4 Å². The monoisotopic (exact) mass is 347 g/mol. The molecule has 0 aliphatic rings. The summed E-state index contributed by atoms with van der Waals surface area (Å²) in [6.07, 6.45) is 0.344. The number of carbonyl (C=O) groups excluding carboxylic acids is 2. The molecule has 2 aromatic rings. The van der Waals surface area contributed by atoms with Crippen molar-refractivity contribution in [2.24, 2.45) is 0 Å². The summed E-state index contributed by atoms with van der Waals surface area (Å²) in [6, 6.07) is 7.60. The third-order valence-electron chi connectivity index (χ3n) is 3.54. The second-order valence-electron chi connectivity index (χ2n) is 5.47. The second-order valence-corrected chi connectivity index (χ2v) is 5.47. The number of halogens is 2. The summed E-state index contributed by atoms with van der Waals surface area (Å²) < 4.78 is 26.7. The van der Waals surface area contributed by atoms with Gasteiger partial charge in [0.05, 0.1) is 0 Å². The minimum Gasteiger partial charge on any atom is -0.334 e. The topological polar surface area (TPSA) is 70.2 Å². The van der Waals surface area contributed by atoms with E-state index < -0.39 is 17.7 Å². The number of benzene rings is 2. The third kappa shape index (κ3) is 5.27. The molecule has 0 radical (unpaired) electrons. The zero-order valence-electron chi connectivity index (χ0n) is 14.0. The first-order valence-corrected chi connectivity index (χ1v) is 7.78. The van der Waals surface area contributed by atoms with Crippen molar-refractivity contribution in [2.45, 2.75) is 26.8 Å². The van der Waals surface area contributed by atoms with Crippen molar-refractivity contribution in [3.05, 3.63) is 59.2 Å². The van der Waals surface area contributed by atoms with E-state index in [4.69, 9.17) is 0 Å². The second kappa shape index (κ2) is 8.23. The number of hydrogen-bond acceptors (Lipinski definition) is 2. The normalized spacial score (nSPS) is 10.2. The summed E-state index contributed by atoms with van der Waals surface area (Å²) in [4.78, 5) is 23.4. The van der Waals surface area contributed by atoms with E-state index in [9.17, 15) is 18.4 Å². The molecule has 0 spiro atoms. The molecular weight excluding hydrogens is 328 g/mol. The SMILES string of the molecule is CCC(=O)Nc1ccc(C)c(NC(=O)NCc2cc(F)ccc2F)c1. The Balaban J connectivity index is 2.01. The molecule has 0 bridgehead atoms. The maximum atomic E-state index is 13.5. The average molecular weight is 347 g/mol. The number of urea groups is 1. The molecule has 132 valence electrons. The molecule has 0 saturated heterocycles. The fourth-order valence-electron chi connectivity index (χ4n) is 2.10. The molecule has 25 heavy (non-hydrogen) atoms. The highest BCUT2D eigenvalue weighted by atomic mass is 19.1. The Bertz CT molecular complexity index is 794. The first-order valence-electron chi connectivity index (χ1n) is 7.78. The van der Waals surface area contributed by atoms with Gasteiger partial charge >= 0.3 is 6.03 Å². The summed E-state index contributed by atoms with van der Waals surface area (Å²) >= 11 is 0. The zero-order valence-corrected chi connectivity index (χ0v) is 14.0. The Hall–Kier alpha value is -2.96. The molecule has 0 fully saturated rings. The fraction of sp³-hybridized carbons (Fsp3) is 0.222. The van der Waals surface area contributed by atoms with Crippen LogP contribution in [0.25, 0.3) is 0 Å². The molecule has 0 aliphatic heterocycles. The number of carbonyl (C=O) groups is 2. The van der Waals surface area contributed by atoms with Crippen LogP contribution < -0.4 is 16.0 Å². The minimum atomic E-state index is -0.595. The van der Waals surface area contributed by atoms with E-state index >= 15 is 0 Å². The Morgan fingerprint density at radius 3 is 2.52 bits per heavy atom. The molecule has 7 heteroatoms. The zero-order chi connectivity index (χ0) is 18.4. The Labute approximate surface area is 144 Å². The maximum Gasteiger partial charge on any atom is 0.319 e. The van der Waals surface area contributed by atoms with E-state index in [0.29, 0.717) is 17.8 Å². The summed E-state index contributed by atoms with van der Waals surface area (Å²) in [5, 5.41) is 7.80. The standard InChI is InChI=1S/C18H19F2N3O2/c1-3-17(24)22-14-6-4-11(2)16(9-14)23-18(25)21-10-12-8-13(19)5-7-15(12)20/h4-9H,3,10H2,1-2H3,(H,22,24)(H2,21,23,25). The van der Waals surface area contributed by atoms with Crippen LogP contribution >= 0.6 is 0 Å². The van der Waals surface area contributed by atoms with Crippen molar-refractivity contribution in [1.82, 2.24) is 5.32 Å². The summed E-state index contributed by atoms with van der Waals surface area (Å²) in [7, 11) is 0. The molecule has 3 N–H and O–H groups in total. The van der Waals surface area contributed by atoms with Crippen LogP contribution in [0, 0.1) is 18.6 Å². The van der Waals surface area contributed by atoms with Gasteiger partial charge in [-0.05, 0) is 42.8 Å². The largest absolute Gasteiger partial charge is 0.334 e. The highest BCUT2D eigenvalue weighted by Gasteiger charge is 2.09. The van der Waals surface area contributed by atoms with E-state index in [1.807, 2.05) is 0 Å². The van der Waals surface area contributed by atoms with E-state index in [1.54, 1.807) is 32.0 Å². The predicted molar refractivity (Wildman–Crippen MR) is 92.3 cm³/mol. The molecule has 2 rings (SSSR count). The van der Waals surface area contributed by atoms with E-state index in [1.165, 1.54) is 0 Å². The molecular formula is C18H19F2N3O2. The smallest absolute Gasteiger partial charge is 0.319 e. The summed E-state index contributed by atoms with van der Waals surface area (Å²) in [5.74, 6) is -1.31. The minimum absolute atomic E-state index is 0.0517. The predicted octanol–water partition coefficient (Wildman–Crippen LogP) is 3.94. The Morgan fingerprint density at radius 2 is 1.80 bits per heavy atom. The van der Waals surface area contributed by atoms with Crippen molar-refractivity contribution >= 4 is 23.3 Å². The highest BCUT2D eigenvalue weighted by molar-refractivity contribution is 5.94. The van der Waals surface area contributed by atoms with Crippen LogP contribution in [0.4, 0.5) is 25.0 Å². The summed E-state index contributed by atoms with van der Waals surface area (Å²) in [5.41, 5.74) is 1.91. The Morgan fingerprint density at radius 1 is 1.04 bits per heavy atom. The lowest BCUT2D eigenvalue weighted by Crippen LogP contribution is -2.29. The van der Waals surface area contributed by atoms with Crippen LogP contribution in [-0.2, 0) is 11.3 Å². The number of amides is 3. The van der Waals surface area contributed by atoms with Crippen molar-refractivity contribution < 1.29 is 18.4 Å². The molecule has 0 saturated carbocycles. The van der Waals surface area contributed by atoms with Crippen LogP contribution in [0.3, 0.4) is 0 Å². The van der Waals surface area contributed by atoms with Gasteiger partial charge in [0, 0.05) is 29.9 Å². The van der Waals surface area contributed by atoms with Crippen LogP contribution in [-0.4, -0.2) is 11.9 Å². The van der Waals surface area contributed by atoms with E-state index in [-0.39, 0.29) is 18.0 Å². The molecule has 0 unspecified atom stereocenters. The number of nitrogens with one attached hydrogen (secondary N) is 3. The van der Waals surface area contributed by atoms with Gasteiger partial charge in [0.25, 0.3) is 0 Å². The number of rotatable bonds is 5. The molecule has 0 aliphatic carbocycles. The van der Waals surface area contributed by atoms with Crippen LogP contribution in [0.1, 0.15) is 24.5 Å².